The van der Waals surface area contributed by atoms with Crippen molar-refractivity contribution in [3.63, 3.8) is 0 Å². The van der Waals surface area contributed by atoms with Crippen LogP contribution in [0, 0.1) is 0 Å². The normalized spacial score (nSPS) is 13.0. The highest BCUT2D eigenvalue weighted by Gasteiger charge is 2.40. The van der Waals surface area contributed by atoms with Crippen LogP contribution in [0.2, 0.25) is 0 Å². The first-order valence-electron chi connectivity index (χ1n) is 14.3. The SMILES string of the molecule is CCCCCCCCC=CCCCCCCCC(=O)[N+](CC)(CC)C(CC)c1ccccc1. The Balaban J connectivity index is 2.25. The van der Waals surface area contributed by atoms with Crippen molar-refractivity contribution in [2.24, 2.45) is 0 Å². The van der Waals surface area contributed by atoms with Crippen LogP contribution in [0.3, 0.4) is 0 Å². The van der Waals surface area contributed by atoms with Crippen molar-refractivity contribution < 1.29 is 9.28 Å². The van der Waals surface area contributed by atoms with E-state index in [2.05, 4.69) is 70.2 Å². The summed E-state index contributed by atoms with van der Waals surface area (Å²) in [5.41, 5.74) is 1.31. The number of rotatable bonds is 20. The number of amides is 1. The maximum Gasteiger partial charge on any atom is 0.314 e. The molecule has 2 nitrogen and oxygen atoms in total. The Bertz CT molecular complexity index is 617. The second kappa shape index (κ2) is 19.0. The summed E-state index contributed by atoms with van der Waals surface area (Å²) in [6, 6.07) is 10.9. The predicted molar refractivity (Wildman–Crippen MR) is 145 cm³/mol. The van der Waals surface area contributed by atoms with Gasteiger partial charge < -0.3 is 0 Å². The molecule has 33 heavy (non-hydrogen) atoms. The van der Waals surface area contributed by atoms with Crippen LogP contribution in [0.15, 0.2) is 42.5 Å². The monoisotopic (exact) mass is 456 g/mol. The van der Waals surface area contributed by atoms with Crippen LogP contribution in [-0.2, 0) is 4.79 Å². The summed E-state index contributed by atoms with van der Waals surface area (Å²) in [5.74, 6) is 0.438. The number of allylic oxidation sites excluding steroid dienone is 2. The molecule has 0 saturated heterocycles. The van der Waals surface area contributed by atoms with Gasteiger partial charge in [-0.3, -0.25) is 4.48 Å². The van der Waals surface area contributed by atoms with Crippen LogP contribution in [0.25, 0.3) is 0 Å². The van der Waals surface area contributed by atoms with Gasteiger partial charge in [0.05, 0.1) is 19.5 Å². The molecular formula is C31H54NO+. The Morgan fingerprint density at radius 3 is 1.76 bits per heavy atom. The fraction of sp³-hybridized carbons (Fsp3) is 0.710. The lowest BCUT2D eigenvalue weighted by molar-refractivity contribution is -0.883. The van der Waals surface area contributed by atoms with E-state index in [0.29, 0.717) is 10.4 Å². The third-order valence-electron chi connectivity index (χ3n) is 7.45. The van der Waals surface area contributed by atoms with E-state index in [4.69, 9.17) is 0 Å². The molecule has 0 aromatic heterocycles. The van der Waals surface area contributed by atoms with Crippen molar-refractivity contribution in [3.8, 4) is 0 Å². The van der Waals surface area contributed by atoms with E-state index in [0.717, 1.165) is 32.4 Å². The molecule has 0 aliphatic carbocycles. The number of hydrogen-bond acceptors (Lipinski definition) is 1. The number of hydrogen-bond donors (Lipinski definition) is 0. The Morgan fingerprint density at radius 2 is 1.24 bits per heavy atom. The quantitative estimate of drug-likeness (QED) is 0.108. The van der Waals surface area contributed by atoms with Crippen molar-refractivity contribution in [2.75, 3.05) is 13.1 Å². The van der Waals surface area contributed by atoms with Gasteiger partial charge in [0.1, 0.15) is 6.04 Å². The maximum absolute atomic E-state index is 13.4. The molecule has 0 heterocycles. The number of benzene rings is 1. The zero-order valence-electron chi connectivity index (χ0n) is 22.5. The highest BCUT2D eigenvalue weighted by atomic mass is 16.2. The zero-order valence-corrected chi connectivity index (χ0v) is 22.5. The van der Waals surface area contributed by atoms with Crippen LogP contribution in [-0.4, -0.2) is 23.5 Å². The van der Waals surface area contributed by atoms with Crippen molar-refractivity contribution >= 4 is 5.91 Å². The van der Waals surface area contributed by atoms with Crippen molar-refractivity contribution in [2.45, 2.75) is 130 Å². The highest BCUT2D eigenvalue weighted by Crippen LogP contribution is 2.33. The molecule has 0 N–H and O–H groups in total. The number of quaternary nitrogens is 1. The molecule has 0 aliphatic heterocycles. The molecule has 1 unspecified atom stereocenters. The second-order valence-corrected chi connectivity index (χ2v) is 9.73. The van der Waals surface area contributed by atoms with Crippen LogP contribution in [0.4, 0.5) is 0 Å². The lowest BCUT2D eigenvalue weighted by Gasteiger charge is -2.41. The standard InChI is InChI=1S/C31H54NO/c1-5-9-10-11-12-13-14-15-16-17-18-19-20-21-25-28-31(33)32(7-3,8-4)30(6-2)29-26-23-22-24-27-29/h15-16,22-24,26-27,30H,5-14,17-21,25,28H2,1-4H3/q+1. The Morgan fingerprint density at radius 1 is 0.727 bits per heavy atom. The summed E-state index contributed by atoms with van der Waals surface area (Å²) < 4.78 is 0.601. The molecule has 0 fully saturated rings. The Hall–Kier alpha value is -1.41. The molecule has 0 spiro atoms. The number of carbonyl (C=O) groups is 1. The van der Waals surface area contributed by atoms with Gasteiger partial charge in [0.2, 0.25) is 0 Å². The third kappa shape index (κ3) is 11.0. The summed E-state index contributed by atoms with van der Waals surface area (Å²) in [4.78, 5) is 13.4. The molecule has 0 bridgehead atoms. The van der Waals surface area contributed by atoms with Gasteiger partial charge >= 0.3 is 5.91 Å². The van der Waals surface area contributed by atoms with Crippen LogP contribution < -0.4 is 0 Å². The van der Waals surface area contributed by atoms with Crippen LogP contribution >= 0.6 is 0 Å². The van der Waals surface area contributed by atoms with E-state index in [1.807, 2.05) is 0 Å². The molecule has 0 saturated carbocycles. The Kier molecular flexibility index (Phi) is 17.0. The van der Waals surface area contributed by atoms with Gasteiger partial charge in [0.25, 0.3) is 0 Å². The summed E-state index contributed by atoms with van der Waals surface area (Å²) in [6.45, 7) is 10.6. The van der Waals surface area contributed by atoms with Crippen LogP contribution in [0.1, 0.15) is 136 Å². The fourth-order valence-corrected chi connectivity index (χ4v) is 5.31. The lowest BCUT2D eigenvalue weighted by Crippen LogP contribution is -2.54. The summed E-state index contributed by atoms with van der Waals surface area (Å²) >= 11 is 0. The lowest BCUT2D eigenvalue weighted by atomic mass is 9.98. The first-order valence-corrected chi connectivity index (χ1v) is 14.3. The molecular weight excluding hydrogens is 402 g/mol. The van der Waals surface area contributed by atoms with Crippen LogP contribution in [0.5, 0.6) is 0 Å². The fourth-order valence-electron chi connectivity index (χ4n) is 5.31. The van der Waals surface area contributed by atoms with Gasteiger partial charge in [-0.25, -0.2) is 4.79 Å². The first-order chi connectivity index (χ1) is 16.2. The van der Waals surface area contributed by atoms with E-state index in [-0.39, 0.29) is 6.04 Å². The molecule has 0 radical (unpaired) electrons. The average Bonchev–Trinajstić information content (AvgIpc) is 2.85. The van der Waals surface area contributed by atoms with Gasteiger partial charge in [-0.1, -0.05) is 108 Å². The molecule has 1 rings (SSSR count). The summed E-state index contributed by atoms with van der Waals surface area (Å²) in [7, 11) is 0. The first kappa shape index (κ1) is 29.6. The molecule has 188 valence electrons. The van der Waals surface area contributed by atoms with E-state index >= 15 is 0 Å². The van der Waals surface area contributed by atoms with Crippen molar-refractivity contribution in [1.29, 1.82) is 0 Å². The summed E-state index contributed by atoms with van der Waals surface area (Å²) in [6.07, 6.45) is 23.3. The molecule has 2 heteroatoms. The minimum Gasteiger partial charge on any atom is -0.255 e. The van der Waals surface area contributed by atoms with Gasteiger partial charge in [0, 0.05) is 12.0 Å². The highest BCUT2D eigenvalue weighted by molar-refractivity contribution is 5.69. The summed E-state index contributed by atoms with van der Waals surface area (Å²) in [5, 5.41) is 0. The maximum atomic E-state index is 13.4. The van der Waals surface area contributed by atoms with E-state index in [1.54, 1.807) is 0 Å². The number of unbranched alkanes of at least 4 members (excludes halogenated alkanes) is 11. The minimum absolute atomic E-state index is 0.275. The van der Waals surface area contributed by atoms with Gasteiger partial charge in [-0.05, 0) is 46.0 Å². The minimum atomic E-state index is 0.275. The largest absolute Gasteiger partial charge is 0.314 e. The molecule has 0 aliphatic rings. The molecule has 1 aromatic rings. The topological polar surface area (TPSA) is 17.1 Å². The number of carbonyl (C=O) groups excluding carboxylic acids is 1. The molecule has 1 aromatic carbocycles. The van der Waals surface area contributed by atoms with Gasteiger partial charge in [-0.15, -0.1) is 0 Å². The predicted octanol–water partition coefficient (Wildman–Crippen LogP) is 9.56. The van der Waals surface area contributed by atoms with E-state index in [1.165, 1.54) is 82.6 Å². The smallest absolute Gasteiger partial charge is 0.255 e. The van der Waals surface area contributed by atoms with E-state index < -0.39 is 0 Å². The van der Waals surface area contributed by atoms with Gasteiger partial charge in [-0.2, -0.15) is 0 Å². The van der Waals surface area contributed by atoms with Crippen molar-refractivity contribution in [3.05, 3.63) is 48.0 Å². The average molecular weight is 457 g/mol. The molecule has 1 amide bonds. The third-order valence-corrected chi connectivity index (χ3v) is 7.45. The second-order valence-electron chi connectivity index (χ2n) is 9.73. The van der Waals surface area contributed by atoms with Crippen molar-refractivity contribution in [1.82, 2.24) is 0 Å². The van der Waals surface area contributed by atoms with Gasteiger partial charge in [0.15, 0.2) is 0 Å². The zero-order chi connectivity index (χ0) is 24.2. The molecule has 1 atom stereocenters. The Labute approximate surface area is 206 Å². The number of nitrogens with zero attached hydrogens (tertiary/aromatic N) is 1. The van der Waals surface area contributed by atoms with E-state index in [9.17, 15) is 4.79 Å².